The molecule has 0 aliphatic heterocycles. The van der Waals surface area contributed by atoms with E-state index in [2.05, 4.69) is 25.8 Å². The molecule has 0 atom stereocenters. The van der Waals surface area contributed by atoms with E-state index in [1.807, 2.05) is 48.5 Å². The molecule has 1 amide bonds. The molecule has 0 bridgehead atoms. The molecule has 10 nitrogen and oxygen atoms in total. The number of hydrogen-bond donors (Lipinski definition) is 1. The number of nitrogens with one attached hydrogen (secondary N) is 1. The van der Waals surface area contributed by atoms with Crippen molar-refractivity contribution < 1.29 is 18.8 Å². The van der Waals surface area contributed by atoms with Crippen LogP contribution in [-0.4, -0.2) is 51.1 Å². The normalized spacial score (nSPS) is 11.1. The molecule has 0 aliphatic carbocycles. The number of nitrogens with zero attached hydrogens (tertiary/aromatic N) is 5. The summed E-state index contributed by atoms with van der Waals surface area (Å²) in [5, 5.41) is 20.5. The maximum absolute atomic E-state index is 12.3. The summed E-state index contributed by atoms with van der Waals surface area (Å²) in [7, 11) is 1.61. The zero-order chi connectivity index (χ0) is 22.6. The van der Waals surface area contributed by atoms with Gasteiger partial charge < -0.3 is 19.3 Å². The average Bonchev–Trinajstić information content (AvgIpc) is 3.46. The molecule has 2 aromatic carbocycles. The van der Waals surface area contributed by atoms with E-state index in [1.165, 1.54) is 0 Å². The maximum atomic E-state index is 12.3. The summed E-state index contributed by atoms with van der Waals surface area (Å²) in [5.41, 5.74) is 2.67. The summed E-state index contributed by atoms with van der Waals surface area (Å²) >= 11 is 0. The lowest BCUT2D eigenvalue weighted by molar-refractivity contribution is -0.120. The molecule has 0 unspecified atom stereocenters. The lowest BCUT2D eigenvalue weighted by atomic mass is 10.2. The van der Waals surface area contributed by atoms with Gasteiger partial charge in [0, 0.05) is 17.0 Å². The van der Waals surface area contributed by atoms with Crippen LogP contribution < -0.4 is 14.8 Å². The highest BCUT2D eigenvalue weighted by Gasteiger charge is 2.13. The number of ether oxygens (including phenoxy) is 2. The van der Waals surface area contributed by atoms with Crippen molar-refractivity contribution in [2.75, 3.05) is 20.3 Å². The Morgan fingerprint density at radius 3 is 2.91 bits per heavy atom. The van der Waals surface area contributed by atoms with Crippen LogP contribution in [0.4, 0.5) is 0 Å². The fraction of sp³-hybridized carbons (Fsp3) is 0.174. The fourth-order valence-corrected chi connectivity index (χ4v) is 3.42. The first kappa shape index (κ1) is 20.4. The summed E-state index contributed by atoms with van der Waals surface area (Å²) in [6.45, 7) is 0.569. The Kier molecular flexibility index (Phi) is 5.54. The number of aromatic nitrogens is 5. The summed E-state index contributed by atoms with van der Waals surface area (Å²) < 4.78 is 17.8. The first-order chi connectivity index (χ1) is 16.2. The van der Waals surface area contributed by atoms with Crippen molar-refractivity contribution in [1.29, 1.82) is 0 Å². The van der Waals surface area contributed by atoms with Crippen LogP contribution in [0.25, 0.3) is 28.0 Å². The Morgan fingerprint density at radius 2 is 2.00 bits per heavy atom. The highest BCUT2D eigenvalue weighted by Crippen LogP contribution is 2.23. The number of carbonyl (C=O) groups excluding carboxylic acids is 1. The lowest BCUT2D eigenvalue weighted by Gasteiger charge is -2.07. The third-order valence-electron chi connectivity index (χ3n) is 5.02. The highest BCUT2D eigenvalue weighted by atomic mass is 16.5. The predicted octanol–water partition coefficient (Wildman–Crippen LogP) is 2.68. The summed E-state index contributed by atoms with van der Waals surface area (Å²) in [6.07, 6.45) is 0.131. The van der Waals surface area contributed by atoms with Gasteiger partial charge >= 0.3 is 0 Å². The molecule has 0 saturated carbocycles. The van der Waals surface area contributed by atoms with E-state index in [9.17, 15) is 4.79 Å². The van der Waals surface area contributed by atoms with Gasteiger partial charge in [-0.1, -0.05) is 29.4 Å². The quantitative estimate of drug-likeness (QED) is 0.363. The van der Waals surface area contributed by atoms with Gasteiger partial charge in [-0.25, -0.2) is 0 Å². The predicted molar refractivity (Wildman–Crippen MR) is 119 cm³/mol. The average molecular weight is 444 g/mol. The zero-order valence-electron chi connectivity index (χ0n) is 17.8. The van der Waals surface area contributed by atoms with Crippen LogP contribution in [0.15, 0.2) is 65.2 Å². The standard InChI is InChI=1S/C23H20N6O4/c1-31-16-6-4-5-15(13-16)23-26-25-20-9-10-22(27-29(20)23)32-12-11-24-21(30)14-18-17-7-2-3-8-19(17)33-28-18/h2-10,13H,11-12,14H2,1H3,(H,24,30). The van der Waals surface area contributed by atoms with E-state index in [0.29, 0.717) is 40.9 Å². The Bertz CT molecular complexity index is 1430. The van der Waals surface area contributed by atoms with Gasteiger partial charge in [0.25, 0.3) is 0 Å². The van der Waals surface area contributed by atoms with E-state index in [4.69, 9.17) is 14.0 Å². The second-order valence-corrected chi connectivity index (χ2v) is 7.20. The Hall–Kier alpha value is -4.47. The van der Waals surface area contributed by atoms with Gasteiger partial charge in [-0.2, -0.15) is 4.52 Å². The third-order valence-corrected chi connectivity index (χ3v) is 5.02. The van der Waals surface area contributed by atoms with Crippen LogP contribution in [-0.2, 0) is 11.2 Å². The van der Waals surface area contributed by atoms with Crippen LogP contribution in [0.1, 0.15) is 5.69 Å². The number of hydrogen-bond acceptors (Lipinski definition) is 8. The Morgan fingerprint density at radius 1 is 1.09 bits per heavy atom. The molecular formula is C23H20N6O4. The van der Waals surface area contributed by atoms with Crippen molar-refractivity contribution in [2.45, 2.75) is 6.42 Å². The van der Waals surface area contributed by atoms with Crippen molar-refractivity contribution in [2.24, 2.45) is 0 Å². The van der Waals surface area contributed by atoms with E-state index in [0.717, 1.165) is 10.9 Å². The van der Waals surface area contributed by atoms with Crippen molar-refractivity contribution in [3.05, 3.63) is 66.4 Å². The minimum Gasteiger partial charge on any atom is -0.497 e. The van der Waals surface area contributed by atoms with Crippen LogP contribution in [0.3, 0.4) is 0 Å². The molecule has 33 heavy (non-hydrogen) atoms. The molecule has 3 heterocycles. The van der Waals surface area contributed by atoms with Crippen LogP contribution in [0.2, 0.25) is 0 Å². The van der Waals surface area contributed by atoms with Crippen molar-refractivity contribution in [3.63, 3.8) is 0 Å². The van der Waals surface area contributed by atoms with E-state index < -0.39 is 0 Å². The number of methoxy groups -OCH3 is 1. The maximum Gasteiger partial charge on any atom is 0.231 e. The molecule has 0 spiro atoms. The van der Waals surface area contributed by atoms with Gasteiger partial charge in [-0.05, 0) is 30.3 Å². The van der Waals surface area contributed by atoms with Crippen molar-refractivity contribution in [3.8, 4) is 23.0 Å². The fourth-order valence-electron chi connectivity index (χ4n) is 3.42. The van der Waals surface area contributed by atoms with Crippen molar-refractivity contribution in [1.82, 2.24) is 30.3 Å². The molecule has 10 heteroatoms. The summed E-state index contributed by atoms with van der Waals surface area (Å²) in [6, 6.07) is 18.4. The van der Waals surface area contributed by atoms with Gasteiger partial charge in [-0.3, -0.25) is 4.79 Å². The summed E-state index contributed by atoms with van der Waals surface area (Å²) in [4.78, 5) is 12.3. The largest absolute Gasteiger partial charge is 0.497 e. The van der Waals surface area contributed by atoms with Gasteiger partial charge in [-0.15, -0.1) is 15.3 Å². The molecule has 5 aromatic rings. The van der Waals surface area contributed by atoms with Gasteiger partial charge in [0.1, 0.15) is 18.1 Å². The molecular weight excluding hydrogens is 424 g/mol. The molecule has 0 aliphatic rings. The minimum absolute atomic E-state index is 0.131. The van der Waals surface area contributed by atoms with Gasteiger partial charge in [0.2, 0.25) is 11.8 Å². The molecule has 1 N–H and O–H groups in total. The second-order valence-electron chi connectivity index (χ2n) is 7.20. The van der Waals surface area contributed by atoms with Gasteiger partial charge in [0.15, 0.2) is 17.1 Å². The van der Waals surface area contributed by atoms with Crippen LogP contribution in [0.5, 0.6) is 11.6 Å². The number of para-hydroxylation sites is 1. The monoisotopic (exact) mass is 444 g/mol. The number of amides is 1. The molecule has 0 saturated heterocycles. The second kappa shape index (κ2) is 8.95. The number of benzene rings is 2. The molecule has 3 aromatic heterocycles. The van der Waals surface area contributed by atoms with E-state index in [-0.39, 0.29) is 18.9 Å². The number of rotatable bonds is 8. The van der Waals surface area contributed by atoms with Gasteiger partial charge in [0.05, 0.1) is 20.1 Å². The minimum atomic E-state index is -0.166. The van der Waals surface area contributed by atoms with Crippen LogP contribution >= 0.6 is 0 Å². The number of fused-ring (bicyclic) bond motifs is 2. The van der Waals surface area contributed by atoms with Crippen LogP contribution in [0, 0.1) is 0 Å². The smallest absolute Gasteiger partial charge is 0.231 e. The third kappa shape index (κ3) is 4.31. The SMILES string of the molecule is COc1cccc(-c2nnc3ccc(OCCNC(=O)Cc4noc5ccccc45)nn23)c1. The number of carbonyl (C=O) groups is 1. The molecule has 166 valence electrons. The topological polar surface area (TPSA) is 117 Å². The highest BCUT2D eigenvalue weighted by molar-refractivity contribution is 5.86. The van der Waals surface area contributed by atoms with E-state index >= 15 is 0 Å². The van der Waals surface area contributed by atoms with E-state index in [1.54, 1.807) is 23.8 Å². The first-order valence-corrected chi connectivity index (χ1v) is 10.3. The first-order valence-electron chi connectivity index (χ1n) is 10.3. The lowest BCUT2D eigenvalue weighted by Crippen LogP contribution is -2.29. The van der Waals surface area contributed by atoms with Crippen molar-refractivity contribution >= 4 is 22.5 Å². The Labute approximate surface area is 188 Å². The zero-order valence-corrected chi connectivity index (χ0v) is 17.8. The molecule has 5 rings (SSSR count). The Balaban J connectivity index is 1.20. The summed E-state index contributed by atoms with van der Waals surface area (Å²) in [5.74, 6) is 1.51. The molecule has 0 fully saturated rings. The molecule has 0 radical (unpaired) electrons.